The van der Waals surface area contributed by atoms with Gasteiger partial charge in [-0.25, -0.2) is 4.79 Å². The van der Waals surface area contributed by atoms with E-state index in [2.05, 4.69) is 12.1 Å². The Balaban J connectivity index is 1.91. The summed E-state index contributed by atoms with van der Waals surface area (Å²) in [6, 6.07) is 10.2. The standard InChI is InChI=1S/C17H23NO3/c1-17(2)15(12-6-4-3-5-7-12)18(16(20)21-17)13-8-10-14(19)11-9-13/h3-7,13-15,19H,8-11H2,1-2H3/t13-,14-,15-/m0/s1. The molecule has 0 unspecified atom stereocenters. The van der Waals surface area contributed by atoms with E-state index < -0.39 is 5.60 Å². The van der Waals surface area contributed by atoms with Crippen molar-refractivity contribution in [2.75, 3.05) is 0 Å². The minimum absolute atomic E-state index is 0.0635. The van der Waals surface area contributed by atoms with Crippen LogP contribution in [0.15, 0.2) is 30.3 Å². The highest BCUT2D eigenvalue weighted by atomic mass is 16.6. The molecule has 4 nitrogen and oxygen atoms in total. The average Bonchev–Trinajstić information content (AvgIpc) is 2.70. The fourth-order valence-corrected chi connectivity index (χ4v) is 3.67. The van der Waals surface area contributed by atoms with Gasteiger partial charge in [-0.2, -0.15) is 0 Å². The third-order valence-electron chi connectivity index (χ3n) is 4.67. The van der Waals surface area contributed by atoms with Gasteiger partial charge in [0.2, 0.25) is 0 Å². The first-order valence-electron chi connectivity index (χ1n) is 7.73. The molecule has 4 heteroatoms. The summed E-state index contributed by atoms with van der Waals surface area (Å²) in [6.45, 7) is 3.94. The maximum atomic E-state index is 12.4. The normalized spacial score (nSPS) is 32.0. The zero-order valence-electron chi connectivity index (χ0n) is 12.7. The van der Waals surface area contributed by atoms with E-state index in [-0.39, 0.29) is 24.3 Å². The minimum Gasteiger partial charge on any atom is -0.441 e. The van der Waals surface area contributed by atoms with Gasteiger partial charge in [-0.1, -0.05) is 30.3 Å². The molecule has 0 radical (unpaired) electrons. The van der Waals surface area contributed by atoms with Crippen molar-refractivity contribution in [3.05, 3.63) is 35.9 Å². The lowest BCUT2D eigenvalue weighted by Crippen LogP contribution is -2.43. The van der Waals surface area contributed by atoms with E-state index in [4.69, 9.17) is 4.74 Å². The number of carbonyl (C=O) groups is 1. The highest BCUT2D eigenvalue weighted by Gasteiger charge is 2.51. The number of hydrogen-bond acceptors (Lipinski definition) is 3. The van der Waals surface area contributed by atoms with Gasteiger partial charge in [-0.3, -0.25) is 4.90 Å². The van der Waals surface area contributed by atoms with E-state index in [0.717, 1.165) is 31.2 Å². The topological polar surface area (TPSA) is 49.8 Å². The zero-order chi connectivity index (χ0) is 15.0. The van der Waals surface area contributed by atoms with Crippen LogP contribution >= 0.6 is 0 Å². The van der Waals surface area contributed by atoms with Crippen LogP contribution in [-0.4, -0.2) is 33.8 Å². The molecule has 0 spiro atoms. The van der Waals surface area contributed by atoms with E-state index >= 15 is 0 Å². The number of benzene rings is 1. The first-order chi connectivity index (χ1) is 9.99. The van der Waals surface area contributed by atoms with Crippen molar-refractivity contribution in [1.29, 1.82) is 0 Å². The van der Waals surface area contributed by atoms with Crippen molar-refractivity contribution < 1.29 is 14.6 Å². The Labute approximate surface area is 125 Å². The predicted molar refractivity (Wildman–Crippen MR) is 79.8 cm³/mol. The highest BCUT2D eigenvalue weighted by molar-refractivity contribution is 5.72. The SMILES string of the molecule is CC1(C)OC(=O)N([C@H]2CC[C@H](O)CC2)[C@H]1c1ccccc1. The zero-order valence-corrected chi connectivity index (χ0v) is 12.7. The van der Waals surface area contributed by atoms with E-state index in [9.17, 15) is 9.90 Å². The van der Waals surface area contributed by atoms with Crippen molar-refractivity contribution in [2.24, 2.45) is 0 Å². The molecule has 1 aromatic rings. The van der Waals surface area contributed by atoms with Crippen LogP contribution in [0.25, 0.3) is 0 Å². The van der Waals surface area contributed by atoms with E-state index in [0.29, 0.717) is 0 Å². The first kappa shape index (κ1) is 14.4. The third-order valence-corrected chi connectivity index (χ3v) is 4.67. The van der Waals surface area contributed by atoms with E-state index in [1.54, 1.807) is 0 Å². The fourth-order valence-electron chi connectivity index (χ4n) is 3.67. The smallest absolute Gasteiger partial charge is 0.411 e. The number of aliphatic hydroxyl groups excluding tert-OH is 1. The van der Waals surface area contributed by atoms with Gasteiger partial charge in [0.05, 0.1) is 12.1 Å². The molecule has 1 atom stereocenters. The number of aliphatic hydroxyl groups is 1. The molecule has 1 aromatic carbocycles. The summed E-state index contributed by atoms with van der Waals surface area (Å²) in [5.74, 6) is 0. The molecule has 1 aliphatic heterocycles. The molecule has 1 heterocycles. The van der Waals surface area contributed by atoms with Crippen molar-refractivity contribution >= 4 is 6.09 Å². The van der Waals surface area contributed by atoms with E-state index in [1.165, 1.54) is 0 Å². The largest absolute Gasteiger partial charge is 0.441 e. The van der Waals surface area contributed by atoms with Gasteiger partial charge in [0, 0.05) is 6.04 Å². The number of nitrogens with zero attached hydrogens (tertiary/aromatic N) is 1. The Morgan fingerprint density at radius 1 is 1.14 bits per heavy atom. The molecule has 0 aromatic heterocycles. The number of rotatable bonds is 2. The van der Waals surface area contributed by atoms with Crippen molar-refractivity contribution in [3.8, 4) is 0 Å². The summed E-state index contributed by atoms with van der Waals surface area (Å²) in [7, 11) is 0. The van der Waals surface area contributed by atoms with Gasteiger partial charge in [-0.05, 0) is 45.1 Å². The molecule has 1 aliphatic carbocycles. The van der Waals surface area contributed by atoms with E-state index in [1.807, 2.05) is 36.9 Å². The monoisotopic (exact) mass is 289 g/mol. The summed E-state index contributed by atoms with van der Waals surface area (Å²) in [5.41, 5.74) is 0.577. The molecule has 114 valence electrons. The first-order valence-corrected chi connectivity index (χ1v) is 7.73. The maximum absolute atomic E-state index is 12.4. The Morgan fingerprint density at radius 2 is 1.76 bits per heavy atom. The lowest BCUT2D eigenvalue weighted by molar-refractivity contribution is 0.0623. The van der Waals surface area contributed by atoms with Crippen LogP contribution in [0.2, 0.25) is 0 Å². The van der Waals surface area contributed by atoms with Crippen LogP contribution in [0.4, 0.5) is 4.79 Å². The second kappa shape index (κ2) is 5.34. The maximum Gasteiger partial charge on any atom is 0.411 e. The Morgan fingerprint density at radius 3 is 2.38 bits per heavy atom. The summed E-state index contributed by atoms with van der Waals surface area (Å²) in [5, 5.41) is 9.69. The molecule has 1 N–H and O–H groups in total. The fraction of sp³-hybridized carbons (Fsp3) is 0.588. The molecule has 1 saturated carbocycles. The summed E-state index contributed by atoms with van der Waals surface area (Å²) < 4.78 is 5.63. The lowest BCUT2D eigenvalue weighted by Gasteiger charge is -2.37. The molecule has 1 amide bonds. The molecule has 2 fully saturated rings. The number of carbonyl (C=O) groups excluding carboxylic acids is 1. The van der Waals surface area contributed by atoms with Crippen LogP contribution in [0.1, 0.15) is 51.1 Å². The minimum atomic E-state index is -0.533. The van der Waals surface area contributed by atoms with Crippen molar-refractivity contribution in [1.82, 2.24) is 4.90 Å². The molecule has 21 heavy (non-hydrogen) atoms. The molecule has 2 aliphatic rings. The van der Waals surface area contributed by atoms with Gasteiger partial charge in [-0.15, -0.1) is 0 Å². The average molecular weight is 289 g/mol. The van der Waals surface area contributed by atoms with Crippen LogP contribution in [0.5, 0.6) is 0 Å². The number of amides is 1. The Kier molecular flexibility index (Phi) is 3.66. The van der Waals surface area contributed by atoms with Crippen molar-refractivity contribution in [2.45, 2.75) is 63.3 Å². The van der Waals surface area contributed by atoms with Crippen LogP contribution in [-0.2, 0) is 4.74 Å². The molecule has 3 rings (SSSR count). The summed E-state index contributed by atoms with van der Waals surface area (Å²) >= 11 is 0. The van der Waals surface area contributed by atoms with Crippen LogP contribution in [0, 0.1) is 0 Å². The second-order valence-corrected chi connectivity index (χ2v) is 6.65. The number of hydrogen-bond donors (Lipinski definition) is 1. The summed E-state index contributed by atoms with van der Waals surface area (Å²) in [4.78, 5) is 14.3. The van der Waals surface area contributed by atoms with Gasteiger partial charge >= 0.3 is 6.09 Å². The molecule has 0 bridgehead atoms. The molecular weight excluding hydrogens is 266 g/mol. The summed E-state index contributed by atoms with van der Waals surface area (Å²) in [6.07, 6.45) is 2.76. The Bertz CT molecular complexity index is 506. The van der Waals surface area contributed by atoms with Gasteiger partial charge < -0.3 is 9.84 Å². The molecular formula is C17H23NO3. The Hall–Kier alpha value is -1.55. The lowest BCUT2D eigenvalue weighted by atomic mass is 9.87. The molecule has 1 saturated heterocycles. The second-order valence-electron chi connectivity index (χ2n) is 6.65. The van der Waals surface area contributed by atoms with Gasteiger partial charge in [0.1, 0.15) is 5.60 Å². The number of ether oxygens (including phenoxy) is 1. The highest BCUT2D eigenvalue weighted by Crippen LogP contribution is 2.44. The third kappa shape index (κ3) is 2.64. The van der Waals surface area contributed by atoms with Gasteiger partial charge in [0.25, 0.3) is 0 Å². The van der Waals surface area contributed by atoms with Crippen LogP contribution < -0.4 is 0 Å². The van der Waals surface area contributed by atoms with Crippen molar-refractivity contribution in [3.63, 3.8) is 0 Å². The number of cyclic esters (lactones) is 1. The quantitative estimate of drug-likeness (QED) is 0.909. The van der Waals surface area contributed by atoms with Crippen LogP contribution in [0.3, 0.4) is 0 Å². The predicted octanol–water partition coefficient (Wildman–Crippen LogP) is 3.26. The van der Waals surface area contributed by atoms with Gasteiger partial charge in [0.15, 0.2) is 0 Å².